The van der Waals surface area contributed by atoms with E-state index in [0.717, 1.165) is 24.8 Å². The lowest BCUT2D eigenvalue weighted by Crippen LogP contribution is -2.42. The van der Waals surface area contributed by atoms with Crippen LogP contribution in [0, 0.1) is 0 Å². The van der Waals surface area contributed by atoms with Gasteiger partial charge >= 0.3 is 0 Å². The fourth-order valence-corrected chi connectivity index (χ4v) is 3.25. The van der Waals surface area contributed by atoms with Crippen LogP contribution in [0.25, 0.3) is 10.9 Å². The van der Waals surface area contributed by atoms with E-state index in [9.17, 15) is 4.79 Å². The zero-order valence-corrected chi connectivity index (χ0v) is 13.9. The molecule has 4 heteroatoms. The summed E-state index contributed by atoms with van der Waals surface area (Å²) in [5, 5.41) is 0.365. The molecule has 0 amide bonds. The van der Waals surface area contributed by atoms with Crippen molar-refractivity contribution in [3.05, 3.63) is 40.4 Å². The van der Waals surface area contributed by atoms with Crippen LogP contribution in [0.15, 0.2) is 29.1 Å². The van der Waals surface area contributed by atoms with Crippen LogP contribution in [0.1, 0.15) is 58.2 Å². The predicted molar refractivity (Wildman–Crippen MR) is 89.1 cm³/mol. The number of fused-ring (bicyclic) bond motifs is 1. The van der Waals surface area contributed by atoms with Gasteiger partial charge in [-0.3, -0.25) is 9.36 Å². The number of nitrogens with zero attached hydrogens (tertiary/aromatic N) is 2. The van der Waals surface area contributed by atoms with Gasteiger partial charge in [-0.25, -0.2) is 4.98 Å². The summed E-state index contributed by atoms with van der Waals surface area (Å²) in [7, 11) is 0. The van der Waals surface area contributed by atoms with Crippen molar-refractivity contribution in [1.29, 1.82) is 0 Å². The highest BCUT2D eigenvalue weighted by atomic mass is 35.5. The van der Waals surface area contributed by atoms with Gasteiger partial charge in [-0.05, 0) is 38.3 Å². The molecule has 1 heterocycles. The average molecular weight is 307 g/mol. The quantitative estimate of drug-likeness (QED) is 0.755. The van der Waals surface area contributed by atoms with Crippen molar-refractivity contribution < 1.29 is 0 Å². The normalized spacial score (nSPS) is 13.6. The summed E-state index contributed by atoms with van der Waals surface area (Å²) in [5.41, 5.74) is 0.527. The number of hydrogen-bond donors (Lipinski definition) is 0. The Kier molecular flexibility index (Phi) is 4.72. The van der Waals surface area contributed by atoms with Gasteiger partial charge in [0.15, 0.2) is 0 Å². The summed E-state index contributed by atoms with van der Waals surface area (Å²) >= 11 is 6.34. The fraction of sp³-hybridized carbons (Fsp3) is 0.529. The van der Waals surface area contributed by atoms with E-state index >= 15 is 0 Å². The molecule has 0 fully saturated rings. The van der Waals surface area contributed by atoms with Crippen molar-refractivity contribution in [2.75, 3.05) is 0 Å². The zero-order valence-electron chi connectivity index (χ0n) is 13.2. The highest BCUT2D eigenvalue weighted by Gasteiger charge is 2.31. The predicted octanol–water partition coefficient (Wildman–Crippen LogP) is 4.62. The van der Waals surface area contributed by atoms with Crippen LogP contribution >= 0.6 is 11.6 Å². The molecule has 0 aliphatic heterocycles. The Morgan fingerprint density at radius 2 is 1.76 bits per heavy atom. The van der Waals surface area contributed by atoms with Gasteiger partial charge in [0.05, 0.1) is 16.3 Å². The minimum absolute atomic E-state index is 0.0219. The Morgan fingerprint density at radius 1 is 1.19 bits per heavy atom. The summed E-state index contributed by atoms with van der Waals surface area (Å²) in [5.74, 6) is 0.672. The summed E-state index contributed by atoms with van der Waals surface area (Å²) < 4.78 is 1.85. The molecule has 0 spiro atoms. The van der Waals surface area contributed by atoms with Crippen LogP contribution in [-0.4, -0.2) is 9.55 Å². The zero-order chi connectivity index (χ0) is 15.6. The number of benzene rings is 1. The molecule has 1 aromatic heterocycles. The molecule has 0 N–H and O–H groups in total. The topological polar surface area (TPSA) is 34.9 Å². The maximum atomic E-state index is 13.0. The first-order chi connectivity index (χ1) is 10.0. The maximum Gasteiger partial charge on any atom is 0.261 e. The molecule has 0 aliphatic rings. The van der Waals surface area contributed by atoms with Gasteiger partial charge in [-0.15, -0.1) is 11.6 Å². The lowest BCUT2D eigenvalue weighted by atomic mass is 9.88. The minimum Gasteiger partial charge on any atom is -0.289 e. The van der Waals surface area contributed by atoms with E-state index in [1.807, 2.05) is 35.8 Å². The molecule has 114 valence electrons. The number of para-hydroxylation sites is 1. The number of halogens is 1. The first-order valence-electron chi connectivity index (χ1n) is 7.67. The molecule has 1 unspecified atom stereocenters. The van der Waals surface area contributed by atoms with E-state index in [1.54, 1.807) is 0 Å². The molecular formula is C17H23ClN2O. The third-order valence-electron chi connectivity index (χ3n) is 4.61. The molecule has 2 aromatic rings. The lowest BCUT2D eigenvalue weighted by molar-refractivity contribution is 0.233. The van der Waals surface area contributed by atoms with Crippen LogP contribution < -0.4 is 5.56 Å². The van der Waals surface area contributed by atoms with Gasteiger partial charge in [0.1, 0.15) is 5.82 Å². The van der Waals surface area contributed by atoms with Crippen LogP contribution in [0.4, 0.5) is 0 Å². The molecular weight excluding hydrogens is 284 g/mol. The smallest absolute Gasteiger partial charge is 0.261 e. The highest BCUT2D eigenvalue weighted by Crippen LogP contribution is 2.32. The minimum atomic E-state index is -0.300. The summed E-state index contributed by atoms with van der Waals surface area (Å²) in [6.07, 6.45) is 2.66. The summed E-state index contributed by atoms with van der Waals surface area (Å²) in [4.78, 5) is 17.7. The highest BCUT2D eigenvalue weighted by molar-refractivity contribution is 6.20. The van der Waals surface area contributed by atoms with Crippen molar-refractivity contribution in [3.63, 3.8) is 0 Å². The molecule has 1 aromatic carbocycles. The van der Waals surface area contributed by atoms with Gasteiger partial charge in [-0.1, -0.05) is 32.9 Å². The standard InChI is InChI=1S/C17H23ClN2O/c1-5-17(6-2,7-3)20-15(12(4)18)19-14-11-9-8-10-13(14)16(20)21/h8-12H,5-7H2,1-4H3. The van der Waals surface area contributed by atoms with Crippen molar-refractivity contribution in [2.24, 2.45) is 0 Å². The summed E-state index contributed by atoms with van der Waals surface area (Å²) in [6.45, 7) is 8.24. The molecule has 2 rings (SSSR count). The average Bonchev–Trinajstić information content (AvgIpc) is 2.51. The maximum absolute atomic E-state index is 13.0. The van der Waals surface area contributed by atoms with Crippen molar-refractivity contribution in [2.45, 2.75) is 57.9 Å². The molecule has 0 radical (unpaired) electrons. The van der Waals surface area contributed by atoms with Crippen LogP contribution in [0.2, 0.25) is 0 Å². The van der Waals surface area contributed by atoms with Gasteiger partial charge in [0.2, 0.25) is 0 Å². The van der Waals surface area contributed by atoms with Crippen molar-refractivity contribution in [3.8, 4) is 0 Å². The van der Waals surface area contributed by atoms with E-state index in [2.05, 4.69) is 25.8 Å². The monoisotopic (exact) mass is 306 g/mol. The number of rotatable bonds is 5. The second-order valence-corrected chi connectivity index (χ2v) is 6.18. The molecule has 21 heavy (non-hydrogen) atoms. The first-order valence-corrected chi connectivity index (χ1v) is 8.10. The SMILES string of the molecule is CCC(CC)(CC)n1c(C(C)Cl)nc2ccccc2c1=O. The van der Waals surface area contributed by atoms with Gasteiger partial charge in [0.25, 0.3) is 5.56 Å². The van der Waals surface area contributed by atoms with Crippen molar-refractivity contribution >= 4 is 22.5 Å². The third kappa shape index (κ3) is 2.59. The van der Waals surface area contributed by atoms with Crippen LogP contribution in [0.5, 0.6) is 0 Å². The molecule has 1 atom stereocenters. The Hall–Kier alpha value is -1.35. The van der Waals surface area contributed by atoms with Crippen LogP contribution in [0.3, 0.4) is 0 Å². The number of alkyl halides is 1. The van der Waals surface area contributed by atoms with Crippen molar-refractivity contribution in [1.82, 2.24) is 9.55 Å². The Morgan fingerprint density at radius 3 is 2.29 bits per heavy atom. The molecule has 0 aliphatic carbocycles. The molecule has 3 nitrogen and oxygen atoms in total. The molecule has 0 bridgehead atoms. The van der Waals surface area contributed by atoms with E-state index in [4.69, 9.17) is 11.6 Å². The fourth-order valence-electron chi connectivity index (χ4n) is 3.10. The lowest BCUT2D eigenvalue weighted by Gasteiger charge is -2.35. The van der Waals surface area contributed by atoms with E-state index in [0.29, 0.717) is 11.2 Å². The third-order valence-corrected chi connectivity index (χ3v) is 4.80. The Labute approximate surface area is 131 Å². The van der Waals surface area contributed by atoms with E-state index in [1.165, 1.54) is 0 Å². The van der Waals surface area contributed by atoms with E-state index in [-0.39, 0.29) is 16.5 Å². The Balaban J connectivity index is 2.92. The largest absolute Gasteiger partial charge is 0.289 e. The van der Waals surface area contributed by atoms with Crippen LogP contribution in [-0.2, 0) is 5.54 Å². The van der Waals surface area contributed by atoms with Gasteiger partial charge < -0.3 is 0 Å². The number of hydrogen-bond acceptors (Lipinski definition) is 2. The second kappa shape index (κ2) is 6.18. The van der Waals surface area contributed by atoms with Gasteiger partial charge in [-0.2, -0.15) is 0 Å². The Bertz CT molecular complexity index is 678. The molecule has 0 saturated carbocycles. The second-order valence-electron chi connectivity index (χ2n) is 5.53. The summed E-state index contributed by atoms with van der Waals surface area (Å²) in [6, 6.07) is 7.49. The molecule has 0 saturated heterocycles. The van der Waals surface area contributed by atoms with Gasteiger partial charge in [0, 0.05) is 5.54 Å². The first kappa shape index (κ1) is 16.0. The number of aromatic nitrogens is 2. The van der Waals surface area contributed by atoms with E-state index < -0.39 is 0 Å².